The van der Waals surface area contributed by atoms with Crippen molar-refractivity contribution in [2.75, 3.05) is 17.9 Å². The summed E-state index contributed by atoms with van der Waals surface area (Å²) in [6, 6.07) is 15.2. The quantitative estimate of drug-likeness (QED) is 0.586. The molecular formula is C22H21ClN2O4S. The van der Waals surface area contributed by atoms with Crippen molar-refractivity contribution in [2.45, 2.75) is 24.3 Å². The summed E-state index contributed by atoms with van der Waals surface area (Å²) in [6.07, 6.45) is 3.11. The molecule has 2 heterocycles. The molecule has 30 heavy (non-hydrogen) atoms. The van der Waals surface area contributed by atoms with E-state index in [9.17, 15) is 13.2 Å². The highest BCUT2D eigenvalue weighted by Gasteiger charge is 2.30. The lowest BCUT2D eigenvalue weighted by Crippen LogP contribution is -2.35. The minimum Gasteiger partial charge on any atom is -0.467 e. The molecule has 1 aromatic heterocycles. The van der Waals surface area contributed by atoms with E-state index in [4.69, 9.17) is 16.0 Å². The number of carbonyl (C=O) groups excluding carboxylic acids is 1. The minimum absolute atomic E-state index is 0.0401. The third-order valence-electron chi connectivity index (χ3n) is 5.14. The average Bonchev–Trinajstić information content (AvgIpc) is 3.26. The van der Waals surface area contributed by atoms with Crippen LogP contribution in [0.5, 0.6) is 0 Å². The fourth-order valence-corrected chi connectivity index (χ4v) is 5.38. The van der Waals surface area contributed by atoms with E-state index in [0.29, 0.717) is 18.0 Å². The van der Waals surface area contributed by atoms with E-state index in [1.54, 1.807) is 19.2 Å². The largest absolute Gasteiger partial charge is 0.467 e. The number of aryl methyl sites for hydroxylation is 1. The Labute approximate surface area is 180 Å². The zero-order valence-electron chi connectivity index (χ0n) is 16.4. The maximum absolute atomic E-state index is 13.4. The molecular weight excluding hydrogens is 424 g/mol. The molecule has 0 saturated carbocycles. The number of hydrogen-bond donors (Lipinski definition) is 0. The summed E-state index contributed by atoms with van der Waals surface area (Å²) in [5, 5.41) is 0.198. The highest BCUT2D eigenvalue weighted by atomic mass is 35.5. The smallest absolute Gasteiger partial charge is 0.264 e. The molecule has 0 spiro atoms. The van der Waals surface area contributed by atoms with Crippen LogP contribution in [-0.2, 0) is 23.0 Å². The number of benzene rings is 2. The number of hydrogen-bond acceptors (Lipinski definition) is 4. The van der Waals surface area contributed by atoms with E-state index in [1.807, 2.05) is 24.3 Å². The van der Waals surface area contributed by atoms with Crippen LogP contribution in [0.1, 0.15) is 28.1 Å². The summed E-state index contributed by atoms with van der Waals surface area (Å²) < 4.78 is 33.5. The number of halogens is 1. The second kappa shape index (κ2) is 8.16. The van der Waals surface area contributed by atoms with Crippen molar-refractivity contribution in [2.24, 2.45) is 0 Å². The molecule has 1 aliphatic rings. The topological polar surface area (TPSA) is 70.8 Å². The normalized spacial score (nSPS) is 13.7. The second-order valence-corrected chi connectivity index (χ2v) is 9.46. The molecule has 0 aliphatic carbocycles. The van der Waals surface area contributed by atoms with Gasteiger partial charge in [0.15, 0.2) is 0 Å². The molecule has 0 N–H and O–H groups in total. The molecule has 0 saturated heterocycles. The van der Waals surface area contributed by atoms with Gasteiger partial charge in [-0.3, -0.25) is 9.10 Å². The first kappa shape index (κ1) is 20.5. The maximum atomic E-state index is 13.4. The maximum Gasteiger partial charge on any atom is 0.264 e. The first-order valence-corrected chi connectivity index (χ1v) is 11.4. The van der Waals surface area contributed by atoms with Crippen molar-refractivity contribution in [3.8, 4) is 0 Å². The predicted molar refractivity (Wildman–Crippen MR) is 115 cm³/mol. The van der Waals surface area contributed by atoms with Gasteiger partial charge in [-0.1, -0.05) is 29.8 Å². The number of rotatable bonds is 5. The lowest BCUT2D eigenvalue weighted by Gasteiger charge is -2.30. The number of nitrogens with zero attached hydrogens (tertiary/aromatic N) is 2. The van der Waals surface area contributed by atoms with Gasteiger partial charge in [0.1, 0.15) is 5.76 Å². The summed E-state index contributed by atoms with van der Waals surface area (Å²) in [6.45, 7) is 0.641. The van der Waals surface area contributed by atoms with Gasteiger partial charge in [0.25, 0.3) is 15.9 Å². The van der Waals surface area contributed by atoms with Crippen LogP contribution in [-0.4, -0.2) is 32.8 Å². The molecule has 2 aromatic carbocycles. The van der Waals surface area contributed by atoms with E-state index in [1.165, 1.54) is 33.7 Å². The van der Waals surface area contributed by atoms with E-state index in [-0.39, 0.29) is 27.9 Å². The number of sulfonamides is 1. The minimum atomic E-state index is -3.84. The SMILES string of the molecule is CN(Cc1ccco1)C(=O)c1cc(S(=O)(=O)N2CCCc3ccccc32)ccc1Cl. The molecule has 1 aliphatic heterocycles. The summed E-state index contributed by atoms with van der Waals surface area (Å²) in [7, 11) is -2.22. The van der Waals surface area contributed by atoms with E-state index in [0.717, 1.165) is 18.4 Å². The van der Waals surface area contributed by atoms with Gasteiger partial charge in [-0.05, 0) is 54.8 Å². The Hall–Kier alpha value is -2.77. The standard InChI is InChI=1S/C22H21ClN2O4S/c1-24(15-17-8-5-13-29-17)22(26)19-14-18(10-11-20(19)23)30(27,28)25-12-4-7-16-6-2-3-9-21(16)25/h2-3,5-6,8-11,13-14H,4,7,12,15H2,1H3. The monoisotopic (exact) mass is 444 g/mol. The zero-order chi connectivity index (χ0) is 21.3. The summed E-state index contributed by atoms with van der Waals surface area (Å²) >= 11 is 6.25. The van der Waals surface area contributed by atoms with Crippen LogP contribution in [0.15, 0.2) is 70.2 Å². The first-order chi connectivity index (χ1) is 14.4. The van der Waals surface area contributed by atoms with Crippen LogP contribution in [0.25, 0.3) is 0 Å². The lowest BCUT2D eigenvalue weighted by atomic mass is 10.0. The van der Waals surface area contributed by atoms with Crippen molar-refractivity contribution in [1.29, 1.82) is 0 Å². The fraction of sp³-hybridized carbons (Fsp3) is 0.227. The van der Waals surface area contributed by atoms with Crippen LogP contribution >= 0.6 is 11.6 Å². The van der Waals surface area contributed by atoms with Crippen molar-refractivity contribution in [1.82, 2.24) is 4.90 Å². The third-order valence-corrected chi connectivity index (χ3v) is 7.28. The Bertz CT molecular complexity index is 1180. The van der Waals surface area contributed by atoms with Crippen molar-refractivity contribution in [3.63, 3.8) is 0 Å². The van der Waals surface area contributed by atoms with Gasteiger partial charge in [0, 0.05) is 13.6 Å². The molecule has 6 nitrogen and oxygen atoms in total. The van der Waals surface area contributed by atoms with Crippen molar-refractivity contribution >= 4 is 33.2 Å². The first-order valence-electron chi connectivity index (χ1n) is 9.56. The lowest BCUT2D eigenvalue weighted by molar-refractivity contribution is 0.0775. The number of para-hydroxylation sites is 1. The molecule has 4 rings (SSSR count). The van der Waals surface area contributed by atoms with Gasteiger partial charge in [-0.25, -0.2) is 8.42 Å². The summed E-state index contributed by atoms with van der Waals surface area (Å²) in [5.41, 5.74) is 1.81. The highest BCUT2D eigenvalue weighted by molar-refractivity contribution is 7.92. The Morgan fingerprint density at radius 2 is 1.97 bits per heavy atom. The average molecular weight is 445 g/mol. The molecule has 0 unspecified atom stereocenters. The van der Waals surface area contributed by atoms with Crippen LogP contribution in [0, 0.1) is 0 Å². The molecule has 0 fully saturated rings. The van der Waals surface area contributed by atoms with Gasteiger partial charge in [-0.2, -0.15) is 0 Å². The number of furan rings is 1. The molecule has 3 aromatic rings. The molecule has 0 bridgehead atoms. The number of fused-ring (bicyclic) bond motifs is 1. The molecule has 8 heteroatoms. The van der Waals surface area contributed by atoms with Crippen molar-refractivity contribution < 1.29 is 17.6 Å². The van der Waals surface area contributed by atoms with E-state index < -0.39 is 10.0 Å². The molecule has 1 amide bonds. The Balaban J connectivity index is 1.67. The number of anilines is 1. The molecule has 0 radical (unpaired) electrons. The van der Waals surface area contributed by atoms with Crippen molar-refractivity contribution in [3.05, 3.63) is 82.8 Å². The molecule has 0 atom stereocenters. The van der Waals surface area contributed by atoms with Crippen LogP contribution in [0.3, 0.4) is 0 Å². The van der Waals surface area contributed by atoms with Crippen LogP contribution in [0.2, 0.25) is 5.02 Å². The fourth-order valence-electron chi connectivity index (χ4n) is 3.62. The third kappa shape index (κ3) is 3.82. The van der Waals surface area contributed by atoms with E-state index in [2.05, 4.69) is 0 Å². The number of carbonyl (C=O) groups is 1. The Kier molecular flexibility index (Phi) is 5.58. The highest BCUT2D eigenvalue weighted by Crippen LogP contribution is 2.33. The van der Waals surface area contributed by atoms with Gasteiger partial charge in [0.2, 0.25) is 0 Å². The van der Waals surface area contributed by atoms with E-state index >= 15 is 0 Å². The zero-order valence-corrected chi connectivity index (χ0v) is 18.0. The Morgan fingerprint density at radius 1 is 1.17 bits per heavy atom. The van der Waals surface area contributed by atoms with Gasteiger partial charge >= 0.3 is 0 Å². The van der Waals surface area contributed by atoms with Gasteiger partial charge in [-0.15, -0.1) is 0 Å². The summed E-state index contributed by atoms with van der Waals surface area (Å²) in [4.78, 5) is 14.4. The second-order valence-electron chi connectivity index (χ2n) is 7.19. The summed E-state index contributed by atoms with van der Waals surface area (Å²) in [5.74, 6) is 0.239. The Morgan fingerprint density at radius 3 is 2.73 bits per heavy atom. The van der Waals surface area contributed by atoms with Gasteiger partial charge < -0.3 is 9.32 Å². The van der Waals surface area contributed by atoms with Gasteiger partial charge in [0.05, 0.1) is 34.0 Å². The predicted octanol–water partition coefficient (Wildman–Crippen LogP) is 4.35. The number of amides is 1. The van der Waals surface area contributed by atoms with Crippen LogP contribution < -0.4 is 4.31 Å². The van der Waals surface area contributed by atoms with Crippen LogP contribution in [0.4, 0.5) is 5.69 Å². The molecule has 156 valence electrons.